The predicted octanol–water partition coefficient (Wildman–Crippen LogP) is 4.22. The molecule has 0 unspecified atom stereocenters. The number of phenolic OH excluding ortho intramolecular Hbond substituents is 1. The van der Waals surface area contributed by atoms with Crippen LogP contribution in [0.4, 0.5) is 5.69 Å². The molecule has 0 amide bonds. The summed E-state index contributed by atoms with van der Waals surface area (Å²) in [6, 6.07) is 13.4. The Morgan fingerprint density at radius 3 is 2.44 bits per heavy atom. The lowest BCUT2D eigenvalue weighted by Gasteiger charge is -2.10. The van der Waals surface area contributed by atoms with Crippen molar-refractivity contribution >= 4 is 17.3 Å². The van der Waals surface area contributed by atoms with E-state index in [-0.39, 0.29) is 5.75 Å². The number of halogens is 1. The minimum atomic E-state index is 0.222. The number of benzene rings is 2. The van der Waals surface area contributed by atoms with Gasteiger partial charge in [-0.2, -0.15) is 0 Å². The van der Waals surface area contributed by atoms with Gasteiger partial charge in [-0.05, 0) is 36.2 Å². The Morgan fingerprint density at radius 1 is 1.11 bits per heavy atom. The van der Waals surface area contributed by atoms with Gasteiger partial charge in [0, 0.05) is 22.8 Å². The highest BCUT2D eigenvalue weighted by atomic mass is 35.5. The summed E-state index contributed by atoms with van der Waals surface area (Å²) in [5.74, 6) is 0.222. The lowest BCUT2D eigenvalue weighted by Crippen LogP contribution is -2.00. The van der Waals surface area contributed by atoms with Gasteiger partial charge in [-0.25, -0.2) is 0 Å². The van der Waals surface area contributed by atoms with Crippen LogP contribution in [0.15, 0.2) is 42.5 Å². The van der Waals surface area contributed by atoms with Gasteiger partial charge < -0.3 is 10.4 Å². The van der Waals surface area contributed by atoms with E-state index in [1.54, 1.807) is 18.2 Å². The minimum absolute atomic E-state index is 0.222. The maximum absolute atomic E-state index is 9.73. The van der Waals surface area contributed by atoms with Gasteiger partial charge in [0.25, 0.3) is 0 Å². The predicted molar refractivity (Wildman–Crippen MR) is 76.3 cm³/mol. The number of anilines is 1. The zero-order valence-electron chi connectivity index (χ0n) is 10.3. The number of nitrogens with one attached hydrogen (secondary N) is 1. The van der Waals surface area contributed by atoms with Gasteiger partial charge in [0.05, 0.1) is 0 Å². The van der Waals surface area contributed by atoms with Crippen LogP contribution < -0.4 is 5.32 Å². The molecule has 18 heavy (non-hydrogen) atoms. The van der Waals surface area contributed by atoms with Crippen molar-refractivity contribution in [2.75, 3.05) is 5.32 Å². The van der Waals surface area contributed by atoms with Crippen molar-refractivity contribution in [1.82, 2.24) is 0 Å². The van der Waals surface area contributed by atoms with Crippen molar-refractivity contribution < 1.29 is 5.11 Å². The molecular weight excluding hydrogens is 246 g/mol. The molecule has 3 heteroatoms. The standard InChI is InChI=1S/C15H16ClNO/c1-2-11-6-8-12(9-7-11)17-10-13-14(16)4-3-5-15(13)18/h3-9,17-18H,2,10H2,1H3. The molecule has 2 nitrogen and oxygen atoms in total. The summed E-state index contributed by atoms with van der Waals surface area (Å²) in [5.41, 5.74) is 3.05. The molecule has 2 rings (SSSR count). The van der Waals surface area contributed by atoms with Gasteiger partial charge >= 0.3 is 0 Å². The summed E-state index contributed by atoms with van der Waals surface area (Å²) in [5, 5.41) is 13.6. The summed E-state index contributed by atoms with van der Waals surface area (Å²) in [6.45, 7) is 2.64. The van der Waals surface area contributed by atoms with Gasteiger partial charge in [0.1, 0.15) is 5.75 Å². The normalized spacial score (nSPS) is 10.3. The molecule has 0 saturated carbocycles. The minimum Gasteiger partial charge on any atom is -0.508 e. The second-order valence-electron chi connectivity index (χ2n) is 4.14. The van der Waals surface area contributed by atoms with Crippen molar-refractivity contribution in [1.29, 1.82) is 0 Å². The lowest BCUT2D eigenvalue weighted by molar-refractivity contribution is 0.469. The third-order valence-corrected chi connectivity index (χ3v) is 3.28. The van der Waals surface area contributed by atoms with Crippen LogP contribution in [-0.4, -0.2) is 5.11 Å². The Bertz CT molecular complexity index is 502. The molecule has 0 heterocycles. The number of aromatic hydroxyl groups is 1. The largest absolute Gasteiger partial charge is 0.508 e. The second kappa shape index (κ2) is 5.78. The Morgan fingerprint density at radius 2 is 1.83 bits per heavy atom. The molecule has 0 aliphatic rings. The van der Waals surface area contributed by atoms with Crippen molar-refractivity contribution in [3.63, 3.8) is 0 Å². The second-order valence-corrected chi connectivity index (χ2v) is 4.55. The van der Waals surface area contributed by atoms with Crippen LogP contribution in [0.3, 0.4) is 0 Å². The molecule has 0 bridgehead atoms. The van der Waals surface area contributed by atoms with Crippen LogP contribution in [0.2, 0.25) is 5.02 Å². The highest BCUT2D eigenvalue weighted by Crippen LogP contribution is 2.26. The van der Waals surface area contributed by atoms with Crippen molar-refractivity contribution in [3.8, 4) is 5.75 Å². The van der Waals surface area contributed by atoms with Crippen molar-refractivity contribution in [3.05, 3.63) is 58.6 Å². The average Bonchev–Trinajstić information content (AvgIpc) is 2.39. The molecule has 0 radical (unpaired) electrons. The van der Waals surface area contributed by atoms with E-state index in [4.69, 9.17) is 11.6 Å². The SMILES string of the molecule is CCc1ccc(NCc2c(O)cccc2Cl)cc1. The van der Waals surface area contributed by atoms with Crippen molar-refractivity contribution in [2.24, 2.45) is 0 Å². The zero-order valence-corrected chi connectivity index (χ0v) is 11.0. The summed E-state index contributed by atoms with van der Waals surface area (Å²) in [4.78, 5) is 0. The van der Waals surface area contributed by atoms with Crippen molar-refractivity contribution in [2.45, 2.75) is 19.9 Å². The monoisotopic (exact) mass is 261 g/mol. The molecule has 2 N–H and O–H groups in total. The van der Waals surface area contributed by atoms with E-state index >= 15 is 0 Å². The van der Waals surface area contributed by atoms with Gasteiger partial charge in [-0.1, -0.05) is 36.7 Å². The molecule has 0 saturated heterocycles. The molecule has 0 aromatic heterocycles. The fourth-order valence-corrected chi connectivity index (χ4v) is 2.01. The van der Waals surface area contributed by atoms with Gasteiger partial charge in [0.15, 0.2) is 0 Å². The highest BCUT2D eigenvalue weighted by molar-refractivity contribution is 6.31. The molecule has 94 valence electrons. The molecule has 0 spiro atoms. The van der Waals surface area contributed by atoms with Gasteiger partial charge in [-0.3, -0.25) is 0 Å². The van der Waals surface area contributed by atoms with Crippen LogP contribution in [-0.2, 0) is 13.0 Å². The molecule has 0 fully saturated rings. The topological polar surface area (TPSA) is 32.3 Å². The van der Waals surface area contributed by atoms with Crippen LogP contribution in [0.25, 0.3) is 0 Å². The van der Waals surface area contributed by atoms with Gasteiger partial charge in [-0.15, -0.1) is 0 Å². The summed E-state index contributed by atoms with van der Waals surface area (Å²) >= 11 is 6.04. The molecule has 0 aliphatic heterocycles. The number of hydrogen-bond acceptors (Lipinski definition) is 2. The highest BCUT2D eigenvalue weighted by Gasteiger charge is 2.05. The zero-order chi connectivity index (χ0) is 13.0. The molecular formula is C15H16ClNO. The van der Waals surface area contributed by atoms with Crippen LogP contribution in [0.1, 0.15) is 18.1 Å². The van der Waals surface area contributed by atoms with Crippen LogP contribution in [0.5, 0.6) is 5.75 Å². The number of hydrogen-bond donors (Lipinski definition) is 2. The Hall–Kier alpha value is -1.67. The number of aryl methyl sites for hydroxylation is 1. The first kappa shape index (κ1) is 12.8. The quantitative estimate of drug-likeness (QED) is 0.864. The van der Waals surface area contributed by atoms with E-state index in [2.05, 4.69) is 24.4 Å². The molecule has 0 atom stereocenters. The van der Waals surface area contributed by atoms with E-state index in [0.717, 1.165) is 17.7 Å². The van der Waals surface area contributed by atoms with Crippen LogP contribution >= 0.6 is 11.6 Å². The number of rotatable bonds is 4. The average molecular weight is 262 g/mol. The Labute approximate surface area is 112 Å². The van der Waals surface area contributed by atoms with E-state index in [1.165, 1.54) is 5.56 Å². The summed E-state index contributed by atoms with van der Waals surface area (Å²) in [6.07, 6.45) is 1.03. The molecule has 0 aliphatic carbocycles. The third-order valence-electron chi connectivity index (χ3n) is 2.93. The summed E-state index contributed by atoms with van der Waals surface area (Å²) in [7, 11) is 0. The first-order chi connectivity index (χ1) is 8.70. The maximum Gasteiger partial charge on any atom is 0.122 e. The number of phenols is 1. The fraction of sp³-hybridized carbons (Fsp3) is 0.200. The fourth-order valence-electron chi connectivity index (χ4n) is 1.77. The van der Waals surface area contributed by atoms with Gasteiger partial charge in [0.2, 0.25) is 0 Å². The molecule has 2 aromatic rings. The maximum atomic E-state index is 9.73. The summed E-state index contributed by atoms with van der Waals surface area (Å²) < 4.78 is 0. The lowest BCUT2D eigenvalue weighted by atomic mass is 10.1. The van der Waals surface area contributed by atoms with E-state index < -0.39 is 0 Å². The van der Waals surface area contributed by atoms with E-state index in [0.29, 0.717) is 11.6 Å². The van der Waals surface area contributed by atoms with E-state index in [9.17, 15) is 5.11 Å². The van der Waals surface area contributed by atoms with E-state index in [1.807, 2.05) is 12.1 Å². The Balaban J connectivity index is 2.06. The smallest absolute Gasteiger partial charge is 0.122 e. The first-order valence-electron chi connectivity index (χ1n) is 6.00. The Kier molecular flexibility index (Phi) is 4.11. The first-order valence-corrected chi connectivity index (χ1v) is 6.37. The third kappa shape index (κ3) is 2.96. The van der Waals surface area contributed by atoms with Crippen LogP contribution in [0, 0.1) is 0 Å². The molecule has 2 aromatic carbocycles.